The number of likely N-dealkylation sites (tertiary alicyclic amines) is 1. The van der Waals surface area contributed by atoms with Gasteiger partial charge in [-0.2, -0.15) is 0 Å². The molecule has 1 aromatic rings. The number of rotatable bonds is 5. The fraction of sp³-hybridized carbons (Fsp3) is 0.647. The van der Waals surface area contributed by atoms with Crippen LogP contribution in [0.2, 0.25) is 0 Å². The van der Waals surface area contributed by atoms with Gasteiger partial charge in [0.1, 0.15) is 0 Å². The normalized spacial score (nSPS) is 25.7. The molecule has 1 amide bonds. The first-order valence-electron chi connectivity index (χ1n) is 8.16. The van der Waals surface area contributed by atoms with Gasteiger partial charge in [0, 0.05) is 24.4 Å². The molecule has 1 unspecified atom stereocenters. The lowest BCUT2D eigenvalue weighted by Crippen LogP contribution is -2.32. The van der Waals surface area contributed by atoms with Crippen LogP contribution in [0.5, 0.6) is 0 Å². The smallest absolute Gasteiger partial charge is 0.307 e. The summed E-state index contributed by atoms with van der Waals surface area (Å²) in [7, 11) is 0. The number of carboxylic acids is 1. The first kappa shape index (κ1) is 15.5. The molecular weight excluding hydrogens is 298 g/mol. The molecule has 1 saturated carbocycles. The van der Waals surface area contributed by atoms with Crippen LogP contribution in [0, 0.1) is 17.8 Å². The minimum atomic E-state index is -0.863. The van der Waals surface area contributed by atoms with Crippen LogP contribution in [0.4, 0.5) is 0 Å². The van der Waals surface area contributed by atoms with Crippen molar-refractivity contribution in [3.8, 4) is 0 Å². The average Bonchev–Trinajstić information content (AvgIpc) is 3.15. The third-order valence-electron chi connectivity index (χ3n) is 5.13. The fourth-order valence-electron chi connectivity index (χ4n) is 3.87. The standard InChI is InChI=1S/C17H23NO3S/c19-16(18-10-12-4-1-2-5-13(12)11-18)9-14(17(20)21)8-15-6-3-7-22-15/h3,6-7,12-14H,1-2,4-5,8-11H2,(H,20,21)/t12-,13+,14?. The molecule has 0 radical (unpaired) electrons. The van der Waals surface area contributed by atoms with Crippen LogP contribution >= 0.6 is 11.3 Å². The lowest BCUT2D eigenvalue weighted by Gasteiger charge is -2.22. The van der Waals surface area contributed by atoms with Crippen LogP contribution in [0.3, 0.4) is 0 Å². The Hall–Kier alpha value is -1.36. The third-order valence-corrected chi connectivity index (χ3v) is 6.03. The van der Waals surface area contributed by atoms with Gasteiger partial charge in [-0.3, -0.25) is 9.59 Å². The fourth-order valence-corrected chi connectivity index (χ4v) is 4.65. The topological polar surface area (TPSA) is 57.6 Å². The number of hydrogen-bond acceptors (Lipinski definition) is 3. The van der Waals surface area contributed by atoms with Crippen LogP contribution in [-0.2, 0) is 16.0 Å². The Labute approximate surface area is 135 Å². The van der Waals surface area contributed by atoms with Crippen molar-refractivity contribution in [2.45, 2.75) is 38.5 Å². The van der Waals surface area contributed by atoms with E-state index in [4.69, 9.17) is 0 Å². The van der Waals surface area contributed by atoms with E-state index in [1.165, 1.54) is 25.7 Å². The van der Waals surface area contributed by atoms with Crippen molar-refractivity contribution in [1.82, 2.24) is 4.90 Å². The number of carboxylic acid groups (broad SMARTS) is 1. The minimum absolute atomic E-state index is 0.0263. The lowest BCUT2D eigenvalue weighted by atomic mass is 9.82. The van der Waals surface area contributed by atoms with E-state index in [0.29, 0.717) is 18.3 Å². The van der Waals surface area contributed by atoms with Gasteiger partial charge >= 0.3 is 5.97 Å². The molecule has 2 fully saturated rings. The zero-order chi connectivity index (χ0) is 15.5. The molecule has 1 aliphatic heterocycles. The highest BCUT2D eigenvalue weighted by molar-refractivity contribution is 7.09. The number of fused-ring (bicyclic) bond motifs is 1. The Morgan fingerprint density at radius 2 is 1.95 bits per heavy atom. The first-order chi connectivity index (χ1) is 10.6. The monoisotopic (exact) mass is 321 g/mol. The number of aliphatic carboxylic acids is 1. The summed E-state index contributed by atoms with van der Waals surface area (Å²) in [6.07, 6.45) is 5.60. The number of carbonyl (C=O) groups excluding carboxylic acids is 1. The number of thiophene rings is 1. The maximum atomic E-state index is 12.5. The summed E-state index contributed by atoms with van der Waals surface area (Å²) < 4.78 is 0. The van der Waals surface area contributed by atoms with E-state index in [1.54, 1.807) is 11.3 Å². The highest BCUT2D eigenvalue weighted by atomic mass is 32.1. The second kappa shape index (κ2) is 6.82. The second-order valence-electron chi connectivity index (χ2n) is 6.63. The molecule has 0 aromatic carbocycles. The predicted octanol–water partition coefficient (Wildman–Crippen LogP) is 3.03. The van der Waals surface area contributed by atoms with Gasteiger partial charge in [-0.05, 0) is 42.5 Å². The summed E-state index contributed by atoms with van der Waals surface area (Å²) in [6.45, 7) is 1.68. The predicted molar refractivity (Wildman–Crippen MR) is 85.8 cm³/mol. The molecule has 3 rings (SSSR count). The van der Waals surface area contributed by atoms with Crippen molar-refractivity contribution in [2.75, 3.05) is 13.1 Å². The number of hydrogen-bond donors (Lipinski definition) is 1. The largest absolute Gasteiger partial charge is 0.481 e. The molecule has 0 spiro atoms. The molecular formula is C17H23NO3S. The van der Waals surface area contributed by atoms with E-state index in [0.717, 1.165) is 18.0 Å². The van der Waals surface area contributed by atoms with Gasteiger partial charge in [0.05, 0.1) is 5.92 Å². The molecule has 22 heavy (non-hydrogen) atoms. The number of carbonyl (C=O) groups is 2. The summed E-state index contributed by atoms with van der Waals surface area (Å²) in [6, 6.07) is 3.86. The van der Waals surface area contributed by atoms with E-state index in [1.807, 2.05) is 22.4 Å². The number of nitrogens with zero attached hydrogens (tertiary/aromatic N) is 1. The maximum absolute atomic E-state index is 12.5. The van der Waals surface area contributed by atoms with Crippen LogP contribution < -0.4 is 0 Å². The van der Waals surface area contributed by atoms with Crippen molar-refractivity contribution >= 4 is 23.2 Å². The maximum Gasteiger partial charge on any atom is 0.307 e. The highest BCUT2D eigenvalue weighted by Gasteiger charge is 2.37. The van der Waals surface area contributed by atoms with Crippen molar-refractivity contribution < 1.29 is 14.7 Å². The Balaban J connectivity index is 1.58. The van der Waals surface area contributed by atoms with Crippen molar-refractivity contribution in [2.24, 2.45) is 17.8 Å². The molecule has 1 aromatic heterocycles. The molecule has 4 nitrogen and oxygen atoms in total. The van der Waals surface area contributed by atoms with Gasteiger partial charge in [-0.1, -0.05) is 18.9 Å². The van der Waals surface area contributed by atoms with E-state index in [9.17, 15) is 14.7 Å². The van der Waals surface area contributed by atoms with E-state index in [-0.39, 0.29) is 12.3 Å². The van der Waals surface area contributed by atoms with Crippen LogP contribution in [0.25, 0.3) is 0 Å². The van der Waals surface area contributed by atoms with Crippen LogP contribution in [-0.4, -0.2) is 35.0 Å². The van der Waals surface area contributed by atoms with Crippen LogP contribution in [0.15, 0.2) is 17.5 Å². The van der Waals surface area contributed by atoms with Crippen molar-refractivity contribution in [3.63, 3.8) is 0 Å². The molecule has 120 valence electrons. The molecule has 5 heteroatoms. The lowest BCUT2D eigenvalue weighted by molar-refractivity contribution is -0.145. The summed E-state index contributed by atoms with van der Waals surface area (Å²) in [4.78, 5) is 26.9. The third kappa shape index (κ3) is 3.51. The van der Waals surface area contributed by atoms with Gasteiger partial charge < -0.3 is 10.0 Å². The zero-order valence-electron chi connectivity index (χ0n) is 12.7. The van der Waals surface area contributed by atoms with Crippen molar-refractivity contribution in [1.29, 1.82) is 0 Å². The molecule has 3 atom stereocenters. The Kier molecular flexibility index (Phi) is 4.81. The highest BCUT2D eigenvalue weighted by Crippen LogP contribution is 2.36. The van der Waals surface area contributed by atoms with Gasteiger partial charge in [-0.25, -0.2) is 0 Å². The summed E-state index contributed by atoms with van der Waals surface area (Å²) in [5.41, 5.74) is 0. The Morgan fingerprint density at radius 3 is 2.50 bits per heavy atom. The first-order valence-corrected chi connectivity index (χ1v) is 9.04. The molecule has 1 N–H and O–H groups in total. The zero-order valence-corrected chi connectivity index (χ0v) is 13.6. The Morgan fingerprint density at radius 1 is 1.27 bits per heavy atom. The van der Waals surface area contributed by atoms with Crippen LogP contribution in [0.1, 0.15) is 37.0 Å². The minimum Gasteiger partial charge on any atom is -0.481 e. The molecule has 1 aliphatic carbocycles. The molecule has 2 heterocycles. The Bertz CT molecular complexity index is 514. The van der Waals surface area contributed by atoms with E-state index < -0.39 is 11.9 Å². The summed E-state index contributed by atoms with van der Waals surface area (Å²) in [5.74, 6) is -0.137. The molecule has 1 saturated heterocycles. The van der Waals surface area contributed by atoms with Gasteiger partial charge in [-0.15, -0.1) is 11.3 Å². The molecule has 2 aliphatic rings. The quantitative estimate of drug-likeness (QED) is 0.907. The van der Waals surface area contributed by atoms with E-state index >= 15 is 0 Å². The summed E-state index contributed by atoms with van der Waals surface area (Å²) in [5, 5.41) is 11.3. The van der Waals surface area contributed by atoms with E-state index in [2.05, 4.69) is 0 Å². The SMILES string of the molecule is O=C(O)C(CC(=O)N1C[C@H]2CCCC[C@H]2C1)Cc1cccs1. The van der Waals surface area contributed by atoms with Gasteiger partial charge in [0.2, 0.25) is 5.91 Å². The van der Waals surface area contributed by atoms with Gasteiger partial charge in [0.25, 0.3) is 0 Å². The molecule has 0 bridgehead atoms. The average molecular weight is 321 g/mol. The van der Waals surface area contributed by atoms with Crippen molar-refractivity contribution in [3.05, 3.63) is 22.4 Å². The van der Waals surface area contributed by atoms with Gasteiger partial charge in [0.15, 0.2) is 0 Å². The number of amides is 1. The summed E-state index contributed by atoms with van der Waals surface area (Å²) >= 11 is 1.56. The second-order valence-corrected chi connectivity index (χ2v) is 7.66.